The van der Waals surface area contributed by atoms with Crippen molar-refractivity contribution in [1.82, 2.24) is 0 Å². The van der Waals surface area contributed by atoms with Gasteiger partial charge in [0.1, 0.15) is 0 Å². The van der Waals surface area contributed by atoms with Gasteiger partial charge in [-0.25, -0.2) is 0 Å². The van der Waals surface area contributed by atoms with E-state index in [-0.39, 0.29) is 5.41 Å². The number of benzene rings is 3. The summed E-state index contributed by atoms with van der Waals surface area (Å²) in [5.41, 5.74) is 9.11. The largest absolute Gasteiger partial charge is 0.150 e. The molecule has 2 heteroatoms. The number of hydrogen-bond acceptors (Lipinski definition) is 2. The van der Waals surface area contributed by atoms with Crippen LogP contribution in [0.3, 0.4) is 0 Å². The normalized spacial score (nSPS) is 32.8. The molecular weight excluding hydrogens is 509 g/mol. The van der Waals surface area contributed by atoms with Gasteiger partial charge >= 0.3 is 0 Å². The first-order valence-electron chi connectivity index (χ1n) is 15.0. The summed E-state index contributed by atoms with van der Waals surface area (Å²) >= 11 is 4.51. The first-order chi connectivity index (χ1) is 19.3. The average molecular weight is 545 g/mol. The highest BCUT2D eigenvalue weighted by Gasteiger charge is 2.61. The molecular formula is C37H36S2. The summed E-state index contributed by atoms with van der Waals surface area (Å²) in [5, 5.41) is 1.88. The number of rotatable bonds is 2. The quantitative estimate of drug-likeness (QED) is 0.294. The van der Waals surface area contributed by atoms with Gasteiger partial charge in [-0.1, -0.05) is 116 Å². The number of allylic oxidation sites excluding steroid dienone is 4. The Morgan fingerprint density at radius 3 is 2.38 bits per heavy atom. The van der Waals surface area contributed by atoms with Crippen LogP contribution in [0.2, 0.25) is 0 Å². The summed E-state index contributed by atoms with van der Waals surface area (Å²) in [7, 11) is 0. The molecule has 2 aliphatic heterocycles. The minimum Gasteiger partial charge on any atom is -0.150 e. The van der Waals surface area contributed by atoms with Crippen LogP contribution in [0.5, 0.6) is 0 Å². The van der Waals surface area contributed by atoms with Crippen LogP contribution >= 0.6 is 23.5 Å². The van der Waals surface area contributed by atoms with Crippen LogP contribution in [0.1, 0.15) is 56.1 Å². The van der Waals surface area contributed by atoms with E-state index in [0.29, 0.717) is 22.3 Å². The first kappa shape index (κ1) is 24.4. The van der Waals surface area contributed by atoms with Crippen LogP contribution in [-0.4, -0.2) is 15.7 Å². The van der Waals surface area contributed by atoms with Crippen molar-refractivity contribution in [3.63, 3.8) is 0 Å². The van der Waals surface area contributed by atoms with Gasteiger partial charge in [-0.2, -0.15) is 0 Å². The molecule has 3 aromatic rings. The zero-order valence-corrected chi connectivity index (χ0v) is 24.1. The van der Waals surface area contributed by atoms with E-state index in [1.54, 1.807) is 16.0 Å². The highest BCUT2D eigenvalue weighted by molar-refractivity contribution is 8.01. The fourth-order valence-corrected chi connectivity index (χ4v) is 12.1. The molecule has 5 aliphatic rings. The molecule has 8 rings (SSSR count). The molecule has 6 unspecified atom stereocenters. The highest BCUT2D eigenvalue weighted by atomic mass is 32.2. The maximum absolute atomic E-state index is 2.73. The van der Waals surface area contributed by atoms with E-state index in [4.69, 9.17) is 0 Å². The second kappa shape index (κ2) is 9.89. The maximum Gasteiger partial charge on any atom is 0.0313 e. The zero-order valence-electron chi connectivity index (χ0n) is 22.5. The summed E-state index contributed by atoms with van der Waals surface area (Å²) < 4.78 is 0. The Balaban J connectivity index is 1.41. The Morgan fingerprint density at radius 2 is 1.54 bits per heavy atom. The minimum atomic E-state index is 0.0856. The van der Waals surface area contributed by atoms with Gasteiger partial charge in [-0.15, -0.1) is 23.5 Å². The van der Waals surface area contributed by atoms with Crippen LogP contribution in [-0.2, 0) is 5.41 Å². The monoisotopic (exact) mass is 544 g/mol. The van der Waals surface area contributed by atoms with Crippen molar-refractivity contribution in [3.05, 3.63) is 120 Å². The standard InChI is InChI=1S/C37H36S2/c1-3-12-25(13-4-1)27-22-23-35-32(24-27)37(29-17-7-9-20-33(29)38-35)30-18-8-10-21-34(30)39-36-28(16-11-19-31(36)37)26-14-5-2-6-15-26/h1-6,11-16,18-19,22-24,29,32-35H,7-10,17,20-21H2. The van der Waals surface area contributed by atoms with Crippen molar-refractivity contribution in [2.45, 2.75) is 71.0 Å². The second-order valence-corrected chi connectivity index (χ2v) is 14.7. The van der Waals surface area contributed by atoms with Crippen LogP contribution in [0.4, 0.5) is 0 Å². The molecule has 196 valence electrons. The average Bonchev–Trinajstić information content (AvgIpc) is 3.01. The van der Waals surface area contributed by atoms with Crippen molar-refractivity contribution in [2.24, 2.45) is 11.8 Å². The van der Waals surface area contributed by atoms with E-state index in [2.05, 4.69) is 127 Å². The molecule has 39 heavy (non-hydrogen) atoms. The zero-order chi connectivity index (χ0) is 25.8. The van der Waals surface area contributed by atoms with Gasteiger partial charge in [0, 0.05) is 32.0 Å². The second-order valence-electron chi connectivity index (χ2n) is 12.0. The minimum absolute atomic E-state index is 0.0856. The maximum atomic E-state index is 2.73. The lowest BCUT2D eigenvalue weighted by Gasteiger charge is -2.61. The summed E-state index contributed by atoms with van der Waals surface area (Å²) in [6, 6.07) is 29.6. The van der Waals surface area contributed by atoms with Crippen molar-refractivity contribution in [2.75, 3.05) is 0 Å². The lowest BCUT2D eigenvalue weighted by Crippen LogP contribution is -2.58. The fourth-order valence-electron chi connectivity index (χ4n) is 8.56. The van der Waals surface area contributed by atoms with Gasteiger partial charge < -0.3 is 0 Å². The molecule has 0 amide bonds. The van der Waals surface area contributed by atoms with Crippen LogP contribution in [0.25, 0.3) is 16.7 Å². The third-order valence-electron chi connectivity index (χ3n) is 10.1. The molecule has 0 bridgehead atoms. The smallest absolute Gasteiger partial charge is 0.0313 e. The molecule has 2 fully saturated rings. The summed E-state index contributed by atoms with van der Waals surface area (Å²) in [6.07, 6.45) is 19.9. The molecule has 6 atom stereocenters. The summed E-state index contributed by atoms with van der Waals surface area (Å²) in [6.45, 7) is 0. The molecule has 0 radical (unpaired) electrons. The van der Waals surface area contributed by atoms with Gasteiger partial charge in [0.05, 0.1) is 0 Å². The van der Waals surface area contributed by atoms with Crippen LogP contribution < -0.4 is 0 Å². The van der Waals surface area contributed by atoms with E-state index in [1.165, 1.54) is 67.2 Å². The van der Waals surface area contributed by atoms with Gasteiger partial charge in [-0.05, 0) is 71.4 Å². The van der Waals surface area contributed by atoms with Crippen molar-refractivity contribution < 1.29 is 0 Å². The molecule has 3 aromatic carbocycles. The Bertz CT molecular complexity index is 1470. The van der Waals surface area contributed by atoms with Gasteiger partial charge in [-0.3, -0.25) is 0 Å². The van der Waals surface area contributed by atoms with Crippen LogP contribution in [0.15, 0.2) is 114 Å². The summed E-state index contributed by atoms with van der Waals surface area (Å²) in [4.78, 5) is 1.58. The molecule has 1 saturated carbocycles. The van der Waals surface area contributed by atoms with Gasteiger partial charge in [0.25, 0.3) is 0 Å². The van der Waals surface area contributed by atoms with E-state index >= 15 is 0 Å². The topological polar surface area (TPSA) is 0 Å². The predicted octanol–water partition coefficient (Wildman–Crippen LogP) is 10.1. The number of thioether (sulfide) groups is 2. The third kappa shape index (κ3) is 3.81. The van der Waals surface area contributed by atoms with Gasteiger partial charge in [0.15, 0.2) is 0 Å². The molecule has 0 N–H and O–H groups in total. The van der Waals surface area contributed by atoms with Crippen molar-refractivity contribution >= 4 is 29.1 Å². The molecule has 0 aromatic heterocycles. The van der Waals surface area contributed by atoms with E-state index in [1.807, 2.05) is 0 Å². The molecule has 0 nitrogen and oxygen atoms in total. The van der Waals surface area contributed by atoms with E-state index in [9.17, 15) is 0 Å². The Kier molecular flexibility index (Phi) is 6.18. The predicted molar refractivity (Wildman–Crippen MR) is 169 cm³/mol. The number of fused-ring (bicyclic) bond motifs is 8. The Labute approximate surface area is 242 Å². The Morgan fingerprint density at radius 1 is 0.744 bits per heavy atom. The fraction of sp³-hybridized carbons (Fsp3) is 0.351. The van der Waals surface area contributed by atoms with E-state index in [0.717, 1.165) is 5.25 Å². The molecule has 3 aliphatic carbocycles. The van der Waals surface area contributed by atoms with Crippen LogP contribution in [0, 0.1) is 11.8 Å². The number of hydrogen-bond donors (Lipinski definition) is 0. The van der Waals surface area contributed by atoms with Crippen molar-refractivity contribution in [3.8, 4) is 11.1 Å². The molecule has 1 saturated heterocycles. The van der Waals surface area contributed by atoms with E-state index < -0.39 is 0 Å². The van der Waals surface area contributed by atoms with Crippen molar-refractivity contribution in [1.29, 1.82) is 0 Å². The molecule has 1 spiro atoms. The first-order valence-corrected chi connectivity index (χ1v) is 16.8. The van der Waals surface area contributed by atoms with Gasteiger partial charge in [0.2, 0.25) is 0 Å². The highest BCUT2D eigenvalue weighted by Crippen LogP contribution is 2.68. The Hall–Kier alpha value is -2.42. The summed E-state index contributed by atoms with van der Waals surface area (Å²) in [5.74, 6) is 1.19. The SMILES string of the molecule is C1=CC2SC3CCCCC3C3(C4=CCCCC4Sc4c(-c5ccccc5)cccc43)C2C=C1c1ccccc1. The third-order valence-corrected chi connectivity index (χ3v) is 13.2. The molecule has 2 heterocycles. The lowest BCUT2D eigenvalue weighted by atomic mass is 9.51. The lowest BCUT2D eigenvalue weighted by molar-refractivity contribution is 0.173.